The number of hydrogen-bond acceptors (Lipinski definition) is 1. The van der Waals surface area contributed by atoms with Crippen molar-refractivity contribution in [3.63, 3.8) is 0 Å². The van der Waals surface area contributed by atoms with Crippen molar-refractivity contribution >= 4 is 11.6 Å². The van der Waals surface area contributed by atoms with Crippen LogP contribution in [0.25, 0.3) is 0 Å². The number of benzene rings is 1. The summed E-state index contributed by atoms with van der Waals surface area (Å²) >= 11 is 5.64. The Morgan fingerprint density at radius 3 is 2.83 bits per heavy atom. The van der Waals surface area contributed by atoms with E-state index in [1.165, 1.54) is 18.2 Å². The predicted octanol–water partition coefficient (Wildman–Crippen LogP) is 3.11. The first-order valence-electron chi connectivity index (χ1n) is 3.49. The molecule has 1 nitrogen and oxygen atoms in total. The molecule has 1 atom stereocenters. The van der Waals surface area contributed by atoms with Gasteiger partial charge in [-0.25, -0.2) is 4.39 Å². The van der Waals surface area contributed by atoms with E-state index in [1.54, 1.807) is 6.92 Å². The third-order valence-corrected chi connectivity index (χ3v) is 1.85. The van der Waals surface area contributed by atoms with E-state index in [9.17, 15) is 4.39 Å². The van der Waals surface area contributed by atoms with Crippen molar-refractivity contribution < 1.29 is 4.39 Å². The van der Waals surface area contributed by atoms with E-state index in [4.69, 9.17) is 16.9 Å². The highest BCUT2D eigenvalue weighted by molar-refractivity contribution is 6.30. The Labute approximate surface area is 75.4 Å². The normalized spacial score (nSPS) is 12.2. The topological polar surface area (TPSA) is 23.8 Å². The van der Waals surface area contributed by atoms with Crippen molar-refractivity contribution in [3.8, 4) is 6.07 Å². The largest absolute Gasteiger partial charge is 0.207 e. The lowest BCUT2D eigenvalue weighted by atomic mass is 10.0. The van der Waals surface area contributed by atoms with Crippen LogP contribution in [-0.4, -0.2) is 0 Å². The van der Waals surface area contributed by atoms with Crippen molar-refractivity contribution in [2.45, 2.75) is 12.8 Å². The summed E-state index contributed by atoms with van der Waals surface area (Å²) < 4.78 is 13.0. The smallest absolute Gasteiger partial charge is 0.127 e. The predicted molar refractivity (Wildman–Crippen MR) is 45.4 cm³/mol. The second kappa shape index (κ2) is 3.55. The molecule has 1 rings (SSSR count). The van der Waals surface area contributed by atoms with E-state index in [0.717, 1.165) is 0 Å². The van der Waals surface area contributed by atoms with Crippen LogP contribution in [0.15, 0.2) is 18.2 Å². The van der Waals surface area contributed by atoms with Crippen LogP contribution in [0, 0.1) is 17.1 Å². The molecule has 0 heterocycles. The van der Waals surface area contributed by atoms with Crippen molar-refractivity contribution in [1.82, 2.24) is 0 Å². The molecule has 12 heavy (non-hydrogen) atoms. The maximum absolute atomic E-state index is 13.0. The molecular weight excluding hydrogens is 177 g/mol. The summed E-state index contributed by atoms with van der Waals surface area (Å²) in [6, 6.07) is 6.16. The standard InChI is InChI=1S/C9H7ClFN/c1-6(5-12)8-4-7(10)2-3-9(8)11/h2-4,6H,1H3. The first-order chi connectivity index (χ1) is 5.65. The van der Waals surface area contributed by atoms with Crippen molar-refractivity contribution in [3.05, 3.63) is 34.6 Å². The van der Waals surface area contributed by atoms with Crippen LogP contribution in [0.4, 0.5) is 4.39 Å². The summed E-state index contributed by atoms with van der Waals surface area (Å²) in [5.74, 6) is -0.836. The summed E-state index contributed by atoms with van der Waals surface area (Å²) in [6.07, 6.45) is 0. The van der Waals surface area contributed by atoms with Crippen LogP contribution in [0.3, 0.4) is 0 Å². The van der Waals surface area contributed by atoms with Gasteiger partial charge in [-0.15, -0.1) is 0 Å². The minimum atomic E-state index is -0.455. The van der Waals surface area contributed by atoms with Gasteiger partial charge in [-0.3, -0.25) is 0 Å². The molecule has 0 bridgehead atoms. The Bertz CT molecular complexity index is 330. The average Bonchev–Trinajstić information content (AvgIpc) is 2.08. The zero-order chi connectivity index (χ0) is 9.14. The second-order valence-corrected chi connectivity index (χ2v) is 2.95. The van der Waals surface area contributed by atoms with Gasteiger partial charge in [0.25, 0.3) is 0 Å². The molecule has 0 radical (unpaired) electrons. The highest BCUT2D eigenvalue weighted by atomic mass is 35.5. The summed E-state index contributed by atoms with van der Waals surface area (Å²) in [6.45, 7) is 1.63. The molecule has 0 aliphatic carbocycles. The van der Waals surface area contributed by atoms with E-state index >= 15 is 0 Å². The fourth-order valence-corrected chi connectivity index (χ4v) is 1.10. The van der Waals surface area contributed by atoms with Gasteiger partial charge in [0, 0.05) is 10.6 Å². The molecule has 0 spiro atoms. The molecule has 0 aliphatic heterocycles. The van der Waals surface area contributed by atoms with Gasteiger partial charge in [0.15, 0.2) is 0 Å². The third-order valence-electron chi connectivity index (χ3n) is 1.62. The maximum atomic E-state index is 13.0. The lowest BCUT2D eigenvalue weighted by Gasteiger charge is -2.03. The quantitative estimate of drug-likeness (QED) is 0.656. The number of nitriles is 1. The Balaban J connectivity index is 3.15. The molecule has 62 valence electrons. The molecule has 1 aromatic rings. The highest BCUT2D eigenvalue weighted by Gasteiger charge is 2.09. The monoisotopic (exact) mass is 183 g/mol. The van der Waals surface area contributed by atoms with Gasteiger partial charge in [-0.1, -0.05) is 11.6 Å². The molecule has 0 fully saturated rings. The first kappa shape index (κ1) is 9.02. The average molecular weight is 184 g/mol. The summed E-state index contributed by atoms with van der Waals surface area (Å²) in [7, 11) is 0. The Hall–Kier alpha value is -1.07. The van der Waals surface area contributed by atoms with Crippen LogP contribution in [-0.2, 0) is 0 Å². The molecule has 0 aliphatic rings. The maximum Gasteiger partial charge on any atom is 0.127 e. The Morgan fingerprint density at radius 1 is 1.58 bits per heavy atom. The summed E-state index contributed by atoms with van der Waals surface area (Å²) in [5, 5.41) is 9.00. The van der Waals surface area contributed by atoms with Crippen LogP contribution in [0.2, 0.25) is 5.02 Å². The van der Waals surface area contributed by atoms with E-state index in [-0.39, 0.29) is 5.82 Å². The highest BCUT2D eigenvalue weighted by Crippen LogP contribution is 2.21. The molecule has 3 heteroatoms. The van der Waals surface area contributed by atoms with Gasteiger partial charge >= 0.3 is 0 Å². The van der Waals surface area contributed by atoms with E-state index in [1.807, 2.05) is 6.07 Å². The zero-order valence-corrected chi connectivity index (χ0v) is 7.27. The third kappa shape index (κ3) is 1.75. The van der Waals surface area contributed by atoms with Gasteiger partial charge in [0.1, 0.15) is 5.82 Å². The lowest BCUT2D eigenvalue weighted by molar-refractivity contribution is 0.606. The Kier molecular flexibility index (Phi) is 2.67. The van der Waals surface area contributed by atoms with Gasteiger partial charge < -0.3 is 0 Å². The van der Waals surface area contributed by atoms with Gasteiger partial charge in [-0.05, 0) is 25.1 Å². The summed E-state index contributed by atoms with van der Waals surface area (Å²) in [4.78, 5) is 0. The van der Waals surface area contributed by atoms with Gasteiger partial charge in [-0.2, -0.15) is 5.26 Å². The number of hydrogen-bond donors (Lipinski definition) is 0. The van der Waals surface area contributed by atoms with E-state index in [0.29, 0.717) is 10.6 Å². The van der Waals surface area contributed by atoms with Crippen LogP contribution in [0.5, 0.6) is 0 Å². The van der Waals surface area contributed by atoms with Crippen LogP contribution >= 0.6 is 11.6 Å². The van der Waals surface area contributed by atoms with E-state index in [2.05, 4.69) is 0 Å². The first-order valence-corrected chi connectivity index (χ1v) is 3.87. The molecule has 0 N–H and O–H groups in total. The number of nitrogens with zero attached hydrogens (tertiary/aromatic N) is 1. The summed E-state index contributed by atoms with van der Waals surface area (Å²) in [5.41, 5.74) is 0.352. The molecule has 0 saturated heterocycles. The van der Waals surface area contributed by atoms with Crippen LogP contribution in [0.1, 0.15) is 18.4 Å². The fraction of sp³-hybridized carbons (Fsp3) is 0.222. The number of halogens is 2. The molecular formula is C9H7ClFN. The van der Waals surface area contributed by atoms with Crippen molar-refractivity contribution in [1.29, 1.82) is 5.26 Å². The minimum absolute atomic E-state index is 0.352. The van der Waals surface area contributed by atoms with Crippen LogP contribution < -0.4 is 0 Å². The molecule has 0 aromatic heterocycles. The lowest BCUT2D eigenvalue weighted by Crippen LogP contribution is -1.93. The van der Waals surface area contributed by atoms with Crippen molar-refractivity contribution in [2.75, 3.05) is 0 Å². The SMILES string of the molecule is CC(C#N)c1cc(Cl)ccc1F. The van der Waals surface area contributed by atoms with Gasteiger partial charge in [0.05, 0.1) is 12.0 Å². The second-order valence-electron chi connectivity index (χ2n) is 2.52. The van der Waals surface area contributed by atoms with Crippen molar-refractivity contribution in [2.24, 2.45) is 0 Å². The molecule has 1 aromatic carbocycles. The molecule has 1 unspecified atom stereocenters. The molecule has 0 saturated carbocycles. The van der Waals surface area contributed by atoms with Gasteiger partial charge in [0.2, 0.25) is 0 Å². The van der Waals surface area contributed by atoms with E-state index < -0.39 is 5.92 Å². The molecule has 0 amide bonds. The Morgan fingerprint density at radius 2 is 2.25 bits per heavy atom. The fourth-order valence-electron chi connectivity index (χ4n) is 0.916. The zero-order valence-electron chi connectivity index (χ0n) is 6.51. The minimum Gasteiger partial charge on any atom is -0.207 e. The number of rotatable bonds is 1.